The first kappa shape index (κ1) is 12.2. The predicted octanol–water partition coefficient (Wildman–Crippen LogP) is 3.79. The number of nitrogens with one attached hydrogen (secondary N) is 1. The number of hydrogen-bond donors (Lipinski definition) is 1. The molecule has 2 nitrogen and oxygen atoms in total. The van der Waals surface area contributed by atoms with Crippen molar-refractivity contribution in [2.24, 2.45) is 0 Å². The Morgan fingerprint density at radius 3 is 2.74 bits per heavy atom. The van der Waals surface area contributed by atoms with Gasteiger partial charge in [0.15, 0.2) is 0 Å². The maximum Gasteiger partial charge on any atom is 0.114 e. The Kier molecular flexibility index (Phi) is 3.51. The summed E-state index contributed by atoms with van der Waals surface area (Å²) in [6, 6.07) is 15.3. The predicted molar refractivity (Wildman–Crippen MR) is 79.0 cm³/mol. The molecule has 0 bridgehead atoms. The zero-order chi connectivity index (χ0) is 13.1. The van der Waals surface area contributed by atoms with E-state index < -0.39 is 0 Å². The smallest absolute Gasteiger partial charge is 0.114 e. The van der Waals surface area contributed by atoms with Crippen molar-refractivity contribution in [3.63, 3.8) is 0 Å². The number of rotatable bonds is 4. The first-order valence-electron chi connectivity index (χ1n) is 6.93. The van der Waals surface area contributed by atoms with E-state index in [0.29, 0.717) is 0 Å². The zero-order valence-corrected chi connectivity index (χ0v) is 11.2. The fraction of sp³-hybridized carbons (Fsp3) is 0.294. The van der Waals surface area contributed by atoms with Crippen LogP contribution >= 0.6 is 0 Å². The van der Waals surface area contributed by atoms with Gasteiger partial charge in [-0.25, -0.2) is 0 Å². The van der Waals surface area contributed by atoms with Crippen molar-refractivity contribution < 1.29 is 4.74 Å². The summed E-state index contributed by atoms with van der Waals surface area (Å²) in [5.41, 5.74) is 1.27. The highest BCUT2D eigenvalue weighted by Gasteiger charge is 2.19. The molecule has 2 aromatic carbocycles. The lowest BCUT2D eigenvalue weighted by atomic mass is 10.0. The van der Waals surface area contributed by atoms with Gasteiger partial charge in [0.25, 0.3) is 0 Å². The second kappa shape index (κ2) is 5.45. The van der Waals surface area contributed by atoms with E-state index in [0.717, 1.165) is 25.3 Å². The molecule has 1 heterocycles. The molecule has 0 amide bonds. The normalized spacial score (nSPS) is 16.2. The Morgan fingerprint density at radius 2 is 2.00 bits per heavy atom. The van der Waals surface area contributed by atoms with Crippen LogP contribution in [-0.2, 0) is 4.74 Å². The summed E-state index contributed by atoms with van der Waals surface area (Å²) in [7, 11) is 0. The minimum atomic E-state index is 0.178. The Morgan fingerprint density at radius 1 is 1.16 bits per heavy atom. The van der Waals surface area contributed by atoms with E-state index in [1.165, 1.54) is 16.3 Å². The van der Waals surface area contributed by atoms with Gasteiger partial charge in [0.05, 0.1) is 12.6 Å². The molecular formula is C17H19NO. The number of benzene rings is 2. The fourth-order valence-corrected chi connectivity index (χ4v) is 2.61. The molecule has 3 rings (SSSR count). The highest BCUT2D eigenvalue weighted by atomic mass is 16.5. The molecule has 0 fully saturated rings. The van der Waals surface area contributed by atoms with Crippen molar-refractivity contribution in [1.82, 2.24) is 5.32 Å². The second-order valence-corrected chi connectivity index (χ2v) is 4.84. The van der Waals surface area contributed by atoms with E-state index >= 15 is 0 Å². The molecule has 1 aliphatic rings. The SMILES string of the molecule is CCNC(C1=CCCO1)c1ccc2ccccc2c1. The molecule has 1 aliphatic heterocycles. The van der Waals surface area contributed by atoms with Crippen LogP contribution in [0.25, 0.3) is 10.8 Å². The first-order valence-corrected chi connectivity index (χ1v) is 6.93. The molecule has 2 aromatic rings. The summed E-state index contributed by atoms with van der Waals surface area (Å²) in [5.74, 6) is 1.07. The van der Waals surface area contributed by atoms with Gasteiger partial charge in [-0.3, -0.25) is 0 Å². The van der Waals surface area contributed by atoms with Crippen molar-refractivity contribution in [2.45, 2.75) is 19.4 Å². The highest BCUT2D eigenvalue weighted by Crippen LogP contribution is 2.28. The fourth-order valence-electron chi connectivity index (χ4n) is 2.61. The molecule has 0 saturated carbocycles. The molecule has 98 valence electrons. The molecule has 1 N–H and O–H groups in total. The minimum Gasteiger partial charge on any atom is -0.496 e. The summed E-state index contributed by atoms with van der Waals surface area (Å²) >= 11 is 0. The Labute approximate surface area is 114 Å². The molecule has 19 heavy (non-hydrogen) atoms. The summed E-state index contributed by atoms with van der Waals surface area (Å²) in [5, 5.41) is 6.07. The second-order valence-electron chi connectivity index (χ2n) is 4.84. The third-order valence-electron chi connectivity index (χ3n) is 3.53. The van der Waals surface area contributed by atoms with Crippen molar-refractivity contribution in [3.8, 4) is 0 Å². The van der Waals surface area contributed by atoms with Crippen LogP contribution in [-0.4, -0.2) is 13.2 Å². The zero-order valence-electron chi connectivity index (χ0n) is 11.2. The first-order chi connectivity index (χ1) is 9.38. The molecule has 1 atom stereocenters. The van der Waals surface area contributed by atoms with Gasteiger partial charge in [-0.05, 0) is 35.0 Å². The van der Waals surface area contributed by atoms with Gasteiger partial charge in [0.1, 0.15) is 5.76 Å². The lowest BCUT2D eigenvalue weighted by Crippen LogP contribution is -2.23. The third kappa shape index (κ3) is 2.49. The lowest BCUT2D eigenvalue weighted by Gasteiger charge is -2.20. The van der Waals surface area contributed by atoms with Crippen LogP contribution in [0.3, 0.4) is 0 Å². The minimum absolute atomic E-state index is 0.178. The van der Waals surface area contributed by atoms with Gasteiger partial charge in [-0.2, -0.15) is 0 Å². The average molecular weight is 253 g/mol. The molecule has 0 aliphatic carbocycles. The summed E-state index contributed by atoms with van der Waals surface area (Å²) in [4.78, 5) is 0. The van der Waals surface area contributed by atoms with Crippen LogP contribution in [0.2, 0.25) is 0 Å². The van der Waals surface area contributed by atoms with Gasteiger partial charge in [0, 0.05) is 6.42 Å². The molecule has 0 spiro atoms. The Balaban J connectivity index is 1.99. The number of fused-ring (bicyclic) bond motifs is 1. The monoisotopic (exact) mass is 253 g/mol. The molecule has 1 unspecified atom stereocenters. The van der Waals surface area contributed by atoms with Gasteiger partial charge in [-0.15, -0.1) is 0 Å². The summed E-state index contributed by atoms with van der Waals surface area (Å²) in [6.07, 6.45) is 3.22. The van der Waals surface area contributed by atoms with Crippen LogP contribution in [0.5, 0.6) is 0 Å². The highest BCUT2D eigenvalue weighted by molar-refractivity contribution is 5.83. The Bertz CT molecular complexity index is 603. The van der Waals surface area contributed by atoms with Gasteiger partial charge >= 0.3 is 0 Å². The van der Waals surface area contributed by atoms with Crippen molar-refractivity contribution in [3.05, 3.63) is 59.9 Å². The van der Waals surface area contributed by atoms with Crippen LogP contribution in [0.1, 0.15) is 24.9 Å². The Hall–Kier alpha value is -1.80. The average Bonchev–Trinajstić information content (AvgIpc) is 2.98. The van der Waals surface area contributed by atoms with Crippen molar-refractivity contribution in [2.75, 3.05) is 13.2 Å². The summed E-state index contributed by atoms with van der Waals surface area (Å²) < 4.78 is 5.73. The molecule has 2 heteroatoms. The topological polar surface area (TPSA) is 21.3 Å². The molecular weight excluding hydrogens is 234 g/mol. The van der Waals surface area contributed by atoms with E-state index in [2.05, 4.69) is 60.8 Å². The molecule has 0 aromatic heterocycles. The van der Waals surface area contributed by atoms with Crippen LogP contribution in [0, 0.1) is 0 Å². The van der Waals surface area contributed by atoms with E-state index in [1.807, 2.05) is 0 Å². The van der Waals surface area contributed by atoms with Crippen molar-refractivity contribution >= 4 is 10.8 Å². The van der Waals surface area contributed by atoms with Crippen LogP contribution in [0.15, 0.2) is 54.3 Å². The van der Waals surface area contributed by atoms with E-state index in [9.17, 15) is 0 Å². The maximum atomic E-state index is 5.73. The van der Waals surface area contributed by atoms with Gasteiger partial charge in [-0.1, -0.05) is 43.3 Å². The van der Waals surface area contributed by atoms with E-state index in [4.69, 9.17) is 4.74 Å². The quantitative estimate of drug-likeness (QED) is 0.895. The largest absolute Gasteiger partial charge is 0.496 e. The lowest BCUT2D eigenvalue weighted by molar-refractivity contribution is 0.216. The molecule has 0 radical (unpaired) electrons. The van der Waals surface area contributed by atoms with Crippen LogP contribution in [0.4, 0.5) is 0 Å². The number of ether oxygens (including phenoxy) is 1. The third-order valence-corrected chi connectivity index (χ3v) is 3.53. The maximum absolute atomic E-state index is 5.73. The summed E-state index contributed by atoms with van der Waals surface area (Å²) in [6.45, 7) is 3.87. The number of hydrogen-bond acceptors (Lipinski definition) is 2. The number of likely N-dealkylation sites (N-methyl/N-ethyl adjacent to an activating group) is 1. The van der Waals surface area contributed by atoms with Gasteiger partial charge in [0.2, 0.25) is 0 Å². The standard InChI is InChI=1S/C17H19NO/c1-2-18-17(16-8-5-11-19-16)15-10-9-13-6-3-4-7-14(13)12-15/h3-4,6-10,12,17-18H,2,5,11H2,1H3. The molecule has 0 saturated heterocycles. The van der Waals surface area contributed by atoms with E-state index in [-0.39, 0.29) is 6.04 Å². The van der Waals surface area contributed by atoms with Crippen molar-refractivity contribution in [1.29, 1.82) is 0 Å². The van der Waals surface area contributed by atoms with Gasteiger partial charge < -0.3 is 10.1 Å². The van der Waals surface area contributed by atoms with Crippen LogP contribution < -0.4 is 5.32 Å². The van der Waals surface area contributed by atoms with E-state index in [1.54, 1.807) is 0 Å².